The highest BCUT2D eigenvalue weighted by atomic mass is 127. The maximum Gasteiger partial charge on any atom is 0.331 e. The number of urea groups is 1. The van der Waals surface area contributed by atoms with Crippen LogP contribution in [0.25, 0.3) is 6.08 Å². The topological polar surface area (TPSA) is 95.9 Å². The Kier molecular flexibility index (Phi) is 4.69. The van der Waals surface area contributed by atoms with E-state index in [2.05, 4.69) is 5.32 Å². The van der Waals surface area contributed by atoms with Crippen LogP contribution in [0, 0.1) is 3.57 Å². The summed E-state index contributed by atoms with van der Waals surface area (Å²) in [5, 5.41) is 12.0. The summed E-state index contributed by atoms with van der Waals surface area (Å²) in [4.78, 5) is 36.0. The van der Waals surface area contributed by atoms with Gasteiger partial charge in [-0.05, 0) is 53.3 Å². The molecule has 0 aromatic heterocycles. The second kappa shape index (κ2) is 6.34. The molecule has 1 aromatic carbocycles. The third-order valence-corrected chi connectivity index (χ3v) is 3.79. The number of barbiturate groups is 1. The van der Waals surface area contributed by atoms with Crippen molar-refractivity contribution < 1.29 is 24.2 Å². The van der Waals surface area contributed by atoms with E-state index in [0.717, 1.165) is 4.90 Å². The summed E-state index contributed by atoms with van der Waals surface area (Å²) in [6, 6.07) is 2.36. The van der Waals surface area contributed by atoms with Crippen LogP contribution in [0.3, 0.4) is 0 Å². The predicted molar refractivity (Wildman–Crippen MR) is 86.3 cm³/mol. The Bertz CT molecular complexity index is 699. The summed E-state index contributed by atoms with van der Waals surface area (Å²) >= 11 is 1.92. The summed E-state index contributed by atoms with van der Waals surface area (Å²) in [6.07, 6.45) is 1.35. The summed E-state index contributed by atoms with van der Waals surface area (Å²) in [6.45, 7) is 2.14. The first-order valence-corrected chi connectivity index (χ1v) is 7.43. The van der Waals surface area contributed by atoms with E-state index in [1.54, 1.807) is 13.0 Å². The average Bonchev–Trinajstić information content (AvgIpc) is 2.46. The molecule has 1 aromatic rings. The van der Waals surface area contributed by atoms with Crippen molar-refractivity contribution in [2.75, 3.05) is 13.7 Å². The third kappa shape index (κ3) is 3.06. The molecule has 1 heterocycles. The molecule has 0 unspecified atom stereocenters. The quantitative estimate of drug-likeness (QED) is 0.442. The first-order valence-electron chi connectivity index (χ1n) is 6.35. The molecule has 7 nitrogen and oxygen atoms in total. The Labute approximate surface area is 140 Å². The van der Waals surface area contributed by atoms with Crippen molar-refractivity contribution in [2.24, 2.45) is 0 Å². The van der Waals surface area contributed by atoms with Gasteiger partial charge in [-0.15, -0.1) is 0 Å². The number of imide groups is 2. The Hall–Kier alpha value is -2.10. The lowest BCUT2D eigenvalue weighted by Crippen LogP contribution is -2.52. The van der Waals surface area contributed by atoms with Crippen LogP contribution in [0.1, 0.15) is 12.5 Å². The number of hydrogen-bond acceptors (Lipinski definition) is 5. The van der Waals surface area contributed by atoms with Gasteiger partial charge in [-0.2, -0.15) is 0 Å². The van der Waals surface area contributed by atoms with E-state index in [1.165, 1.54) is 19.2 Å². The van der Waals surface area contributed by atoms with Gasteiger partial charge in [0.15, 0.2) is 11.5 Å². The molecule has 0 bridgehead atoms. The van der Waals surface area contributed by atoms with Crippen molar-refractivity contribution in [2.45, 2.75) is 6.92 Å². The molecule has 0 radical (unpaired) electrons. The lowest BCUT2D eigenvalue weighted by Gasteiger charge is -2.22. The smallest absolute Gasteiger partial charge is 0.331 e. The van der Waals surface area contributed by atoms with Crippen molar-refractivity contribution in [1.29, 1.82) is 0 Å². The summed E-state index contributed by atoms with van der Waals surface area (Å²) in [5.41, 5.74) is 0.345. The lowest BCUT2D eigenvalue weighted by molar-refractivity contribution is -0.129. The summed E-state index contributed by atoms with van der Waals surface area (Å²) in [5.74, 6) is -1.19. The number of benzene rings is 1. The number of likely N-dealkylation sites (N-methyl/N-ethyl adjacent to an activating group) is 1. The van der Waals surface area contributed by atoms with Crippen LogP contribution < -0.4 is 10.1 Å². The monoisotopic (exact) mass is 416 g/mol. The van der Waals surface area contributed by atoms with E-state index in [0.29, 0.717) is 15.7 Å². The second-order valence-electron chi connectivity index (χ2n) is 4.46. The van der Waals surface area contributed by atoms with Crippen LogP contribution in [0.5, 0.6) is 11.5 Å². The van der Waals surface area contributed by atoms with Gasteiger partial charge in [-0.25, -0.2) is 4.79 Å². The van der Waals surface area contributed by atoms with Gasteiger partial charge in [-0.3, -0.25) is 19.8 Å². The number of carbonyl (C=O) groups excluding carboxylic acids is 3. The minimum Gasteiger partial charge on any atom is -0.504 e. The van der Waals surface area contributed by atoms with Gasteiger partial charge < -0.3 is 9.84 Å². The first-order chi connectivity index (χ1) is 10.3. The number of aromatic hydroxyl groups is 1. The van der Waals surface area contributed by atoms with Crippen LogP contribution in [0.15, 0.2) is 17.7 Å². The predicted octanol–water partition coefficient (Wildman–Crippen LogP) is 1.49. The molecule has 1 fully saturated rings. The van der Waals surface area contributed by atoms with E-state index >= 15 is 0 Å². The normalized spacial score (nSPS) is 17.0. The molecular weight excluding hydrogens is 403 g/mol. The number of phenols is 1. The number of nitrogens with zero attached hydrogens (tertiary/aromatic N) is 1. The second-order valence-corrected chi connectivity index (χ2v) is 5.63. The molecule has 22 heavy (non-hydrogen) atoms. The first kappa shape index (κ1) is 16.3. The fraction of sp³-hybridized carbons (Fsp3) is 0.214. The molecule has 1 saturated heterocycles. The highest BCUT2D eigenvalue weighted by molar-refractivity contribution is 14.1. The fourth-order valence-corrected chi connectivity index (χ4v) is 2.48. The minimum absolute atomic E-state index is 0.00341. The zero-order valence-electron chi connectivity index (χ0n) is 11.8. The molecule has 0 aliphatic carbocycles. The van der Waals surface area contributed by atoms with E-state index in [-0.39, 0.29) is 17.1 Å². The van der Waals surface area contributed by atoms with Crippen molar-refractivity contribution >= 4 is 46.5 Å². The summed E-state index contributed by atoms with van der Waals surface area (Å²) < 4.78 is 5.82. The van der Waals surface area contributed by atoms with Crippen LogP contribution in [-0.2, 0) is 9.59 Å². The number of hydrogen-bond donors (Lipinski definition) is 2. The van der Waals surface area contributed by atoms with Gasteiger partial charge in [0.05, 0.1) is 10.2 Å². The van der Waals surface area contributed by atoms with Crippen LogP contribution in [-0.4, -0.2) is 41.5 Å². The van der Waals surface area contributed by atoms with Gasteiger partial charge in [0.25, 0.3) is 11.8 Å². The molecule has 2 N–H and O–H groups in total. The van der Waals surface area contributed by atoms with E-state index in [9.17, 15) is 19.5 Å². The summed E-state index contributed by atoms with van der Waals surface area (Å²) in [7, 11) is 1.28. The van der Waals surface area contributed by atoms with Crippen molar-refractivity contribution in [1.82, 2.24) is 10.2 Å². The van der Waals surface area contributed by atoms with Crippen LogP contribution in [0.2, 0.25) is 0 Å². The van der Waals surface area contributed by atoms with Gasteiger partial charge in [0.1, 0.15) is 5.57 Å². The highest BCUT2D eigenvalue weighted by Crippen LogP contribution is 2.33. The van der Waals surface area contributed by atoms with Crippen molar-refractivity contribution in [3.8, 4) is 11.5 Å². The number of amides is 4. The largest absolute Gasteiger partial charge is 0.504 e. The lowest BCUT2D eigenvalue weighted by atomic mass is 10.1. The number of phenolic OH excluding ortho intramolecular Hbond substituents is 1. The zero-order chi connectivity index (χ0) is 16.4. The number of ether oxygens (including phenoxy) is 1. The molecule has 8 heteroatoms. The average molecular weight is 416 g/mol. The molecular formula is C14H13IN2O5. The molecule has 0 spiro atoms. The molecule has 116 valence electrons. The molecule has 0 atom stereocenters. The number of rotatable bonds is 3. The molecule has 1 aliphatic heterocycles. The van der Waals surface area contributed by atoms with Crippen molar-refractivity contribution in [3.63, 3.8) is 0 Å². The molecule has 4 amide bonds. The van der Waals surface area contributed by atoms with Crippen LogP contribution >= 0.6 is 22.6 Å². The van der Waals surface area contributed by atoms with Gasteiger partial charge in [0.2, 0.25) is 0 Å². The molecule has 0 saturated carbocycles. The van der Waals surface area contributed by atoms with Crippen LogP contribution in [0.4, 0.5) is 4.79 Å². The van der Waals surface area contributed by atoms with E-state index < -0.39 is 17.8 Å². The van der Waals surface area contributed by atoms with Gasteiger partial charge in [0, 0.05) is 7.05 Å². The van der Waals surface area contributed by atoms with E-state index in [1.807, 2.05) is 22.6 Å². The molecule has 2 rings (SSSR count). The molecule has 1 aliphatic rings. The number of carbonyl (C=O) groups is 3. The van der Waals surface area contributed by atoms with Gasteiger partial charge >= 0.3 is 6.03 Å². The maximum absolute atomic E-state index is 12.0. The Morgan fingerprint density at radius 1 is 1.36 bits per heavy atom. The van der Waals surface area contributed by atoms with Crippen molar-refractivity contribution in [3.05, 3.63) is 26.8 Å². The minimum atomic E-state index is -0.762. The van der Waals surface area contributed by atoms with E-state index in [4.69, 9.17) is 4.74 Å². The third-order valence-electron chi connectivity index (χ3n) is 2.97. The Morgan fingerprint density at radius 2 is 2.05 bits per heavy atom. The SMILES string of the molecule is CCOc1cc(/C=C2/C(=O)NC(=O)N(C)C2=O)cc(I)c1O. The number of nitrogens with one attached hydrogen (secondary N) is 1. The maximum atomic E-state index is 12.0. The van der Waals surface area contributed by atoms with Gasteiger partial charge in [-0.1, -0.05) is 0 Å². The standard InChI is InChI=1S/C14H13IN2O5/c1-3-22-10-6-7(5-9(15)11(10)18)4-8-12(19)16-14(21)17(2)13(8)20/h4-6,18H,3H2,1-2H3,(H,16,19,21)/b8-4-. The number of halogens is 1. The Balaban J connectivity index is 2.46. The fourth-order valence-electron chi connectivity index (χ4n) is 1.85. The Morgan fingerprint density at radius 3 is 2.68 bits per heavy atom. The zero-order valence-corrected chi connectivity index (χ0v) is 14.0. The highest BCUT2D eigenvalue weighted by Gasteiger charge is 2.33.